The summed E-state index contributed by atoms with van der Waals surface area (Å²) in [5.41, 5.74) is 1.79. The van der Waals surface area contributed by atoms with E-state index in [2.05, 4.69) is 21.0 Å². The van der Waals surface area contributed by atoms with Crippen molar-refractivity contribution in [3.63, 3.8) is 0 Å². The second-order valence-corrected chi connectivity index (χ2v) is 7.92. The summed E-state index contributed by atoms with van der Waals surface area (Å²) in [6.45, 7) is 4.39. The van der Waals surface area contributed by atoms with Gasteiger partial charge >= 0.3 is 0 Å². The molecule has 0 radical (unpaired) electrons. The summed E-state index contributed by atoms with van der Waals surface area (Å²) in [4.78, 5) is 21.5. The van der Waals surface area contributed by atoms with E-state index in [1.54, 1.807) is 19.5 Å². The molecule has 4 heterocycles. The van der Waals surface area contributed by atoms with Crippen LogP contribution in [0.15, 0.2) is 30.6 Å². The summed E-state index contributed by atoms with van der Waals surface area (Å²) in [5, 5.41) is 4.20. The van der Waals surface area contributed by atoms with Crippen LogP contribution in [-0.2, 0) is 29.7 Å². The molecule has 8 heteroatoms. The molecule has 2 aromatic heterocycles. The molecule has 1 spiro atoms. The molecule has 4 rings (SSSR count). The highest BCUT2D eigenvalue weighted by atomic mass is 16.5. The Balaban J connectivity index is 1.35. The molecule has 156 valence electrons. The molecule has 2 aliphatic rings. The van der Waals surface area contributed by atoms with Crippen molar-refractivity contribution in [3.05, 3.63) is 41.9 Å². The molecule has 0 saturated carbocycles. The van der Waals surface area contributed by atoms with E-state index >= 15 is 0 Å². The van der Waals surface area contributed by atoms with Crippen LogP contribution in [0.1, 0.15) is 30.5 Å². The molecule has 0 unspecified atom stereocenters. The van der Waals surface area contributed by atoms with Crippen LogP contribution in [0.4, 0.5) is 0 Å². The van der Waals surface area contributed by atoms with Crippen molar-refractivity contribution in [2.45, 2.75) is 38.0 Å². The third-order valence-electron chi connectivity index (χ3n) is 6.08. The Morgan fingerprint density at radius 2 is 2.00 bits per heavy atom. The summed E-state index contributed by atoms with van der Waals surface area (Å²) in [6.07, 6.45) is 5.69. The minimum absolute atomic E-state index is 0.172. The van der Waals surface area contributed by atoms with E-state index in [0.29, 0.717) is 32.0 Å². The number of hydrogen-bond donors (Lipinski definition) is 0. The maximum atomic E-state index is 13.0. The summed E-state index contributed by atoms with van der Waals surface area (Å²) in [5.74, 6) is 0.852. The molecule has 2 aromatic rings. The lowest BCUT2D eigenvalue weighted by Crippen LogP contribution is -2.47. The van der Waals surface area contributed by atoms with E-state index in [-0.39, 0.29) is 11.5 Å². The average molecular weight is 399 g/mol. The molecule has 0 aromatic carbocycles. The van der Waals surface area contributed by atoms with Crippen LogP contribution in [0.3, 0.4) is 0 Å². The van der Waals surface area contributed by atoms with Crippen LogP contribution in [0.25, 0.3) is 0 Å². The number of aromatic nitrogens is 3. The van der Waals surface area contributed by atoms with Crippen LogP contribution in [0.2, 0.25) is 0 Å². The van der Waals surface area contributed by atoms with Crippen LogP contribution in [0.5, 0.6) is 5.88 Å². The Morgan fingerprint density at radius 3 is 2.72 bits per heavy atom. The summed E-state index contributed by atoms with van der Waals surface area (Å²) < 4.78 is 13.5. The molecule has 0 N–H and O–H groups in total. The predicted octanol–water partition coefficient (Wildman–Crippen LogP) is 1.61. The summed E-state index contributed by atoms with van der Waals surface area (Å²) in [7, 11) is 3.56. The molecule has 29 heavy (non-hydrogen) atoms. The van der Waals surface area contributed by atoms with Crippen LogP contribution in [0, 0.1) is 0 Å². The van der Waals surface area contributed by atoms with Crippen molar-refractivity contribution in [2.24, 2.45) is 7.05 Å². The Morgan fingerprint density at radius 1 is 1.17 bits per heavy atom. The van der Waals surface area contributed by atoms with E-state index in [1.807, 2.05) is 28.8 Å². The topological polar surface area (TPSA) is 72.7 Å². The number of rotatable bonds is 5. The van der Waals surface area contributed by atoms with Gasteiger partial charge in [-0.15, -0.1) is 0 Å². The molecule has 2 fully saturated rings. The minimum Gasteiger partial charge on any atom is -0.481 e. The van der Waals surface area contributed by atoms with Crippen molar-refractivity contribution in [1.29, 1.82) is 0 Å². The average Bonchev–Trinajstić information content (AvgIpc) is 3.07. The second kappa shape index (κ2) is 8.51. The first kappa shape index (κ1) is 19.8. The zero-order valence-electron chi connectivity index (χ0n) is 17.2. The second-order valence-electron chi connectivity index (χ2n) is 7.92. The Kier molecular flexibility index (Phi) is 5.82. The molecule has 8 nitrogen and oxygen atoms in total. The number of nitrogens with zero attached hydrogens (tertiary/aromatic N) is 5. The van der Waals surface area contributed by atoms with Crippen molar-refractivity contribution in [2.75, 3.05) is 33.4 Å². The number of pyridine rings is 1. The normalized spacial score (nSPS) is 20.1. The number of amides is 1. The lowest BCUT2D eigenvalue weighted by atomic mass is 9.87. The van der Waals surface area contributed by atoms with Gasteiger partial charge in [0.1, 0.15) is 0 Å². The fourth-order valence-corrected chi connectivity index (χ4v) is 4.26. The van der Waals surface area contributed by atoms with E-state index in [0.717, 1.165) is 43.7 Å². The van der Waals surface area contributed by atoms with Gasteiger partial charge in [-0.2, -0.15) is 5.10 Å². The molecule has 1 amide bonds. The zero-order valence-corrected chi connectivity index (χ0v) is 17.2. The van der Waals surface area contributed by atoms with Crippen molar-refractivity contribution in [1.82, 2.24) is 24.6 Å². The van der Waals surface area contributed by atoms with Gasteiger partial charge in [0.2, 0.25) is 11.8 Å². The van der Waals surface area contributed by atoms with Gasteiger partial charge in [0.25, 0.3) is 0 Å². The number of carbonyl (C=O) groups is 1. The third-order valence-corrected chi connectivity index (χ3v) is 6.08. The van der Waals surface area contributed by atoms with Gasteiger partial charge in [0.05, 0.1) is 38.0 Å². The fourth-order valence-electron chi connectivity index (χ4n) is 4.26. The standard InChI is InChI=1S/C21H29N5O3/c1-24-18(5-9-23-24)16-26-12-13-29-21(14-19(26)27)6-10-25(11-7-21)15-17-4-3-8-22-20(17)28-2/h3-5,8-9H,6-7,10-16H2,1-2H3. The molecular formula is C21H29N5O3. The third kappa shape index (κ3) is 4.43. The number of likely N-dealkylation sites (tertiary alicyclic amines) is 1. The van der Waals surface area contributed by atoms with Crippen molar-refractivity contribution < 1.29 is 14.3 Å². The van der Waals surface area contributed by atoms with Gasteiger partial charge in [-0.05, 0) is 25.0 Å². The van der Waals surface area contributed by atoms with Gasteiger partial charge in [0, 0.05) is 51.2 Å². The molecular weight excluding hydrogens is 370 g/mol. The zero-order chi connectivity index (χ0) is 20.3. The summed E-state index contributed by atoms with van der Waals surface area (Å²) >= 11 is 0. The number of hydrogen-bond acceptors (Lipinski definition) is 6. The Bertz CT molecular complexity index is 844. The molecule has 2 saturated heterocycles. The number of piperidine rings is 1. The molecule has 0 bridgehead atoms. The molecule has 2 aliphatic heterocycles. The Labute approximate surface area is 171 Å². The number of methoxy groups -OCH3 is 1. The van der Waals surface area contributed by atoms with E-state index < -0.39 is 0 Å². The highest BCUT2D eigenvalue weighted by Crippen LogP contribution is 2.33. The van der Waals surface area contributed by atoms with Crippen molar-refractivity contribution >= 4 is 5.91 Å². The highest BCUT2D eigenvalue weighted by molar-refractivity contribution is 5.77. The van der Waals surface area contributed by atoms with Gasteiger partial charge in [-0.25, -0.2) is 4.98 Å². The van der Waals surface area contributed by atoms with Crippen LogP contribution < -0.4 is 4.74 Å². The van der Waals surface area contributed by atoms with Gasteiger partial charge in [0.15, 0.2) is 0 Å². The fraction of sp³-hybridized carbons (Fsp3) is 0.571. The monoisotopic (exact) mass is 399 g/mol. The number of carbonyl (C=O) groups excluding carboxylic acids is 1. The predicted molar refractivity (Wildman–Crippen MR) is 107 cm³/mol. The first-order valence-electron chi connectivity index (χ1n) is 10.2. The van der Waals surface area contributed by atoms with Gasteiger partial charge in [-0.1, -0.05) is 6.07 Å². The minimum atomic E-state index is -0.339. The van der Waals surface area contributed by atoms with Crippen LogP contribution >= 0.6 is 0 Å². The van der Waals surface area contributed by atoms with E-state index in [1.165, 1.54) is 0 Å². The van der Waals surface area contributed by atoms with Crippen molar-refractivity contribution in [3.8, 4) is 5.88 Å². The van der Waals surface area contributed by atoms with E-state index in [4.69, 9.17) is 9.47 Å². The first-order valence-corrected chi connectivity index (χ1v) is 10.2. The molecule has 0 aliphatic carbocycles. The Hall–Kier alpha value is -2.45. The lowest BCUT2D eigenvalue weighted by Gasteiger charge is -2.40. The highest BCUT2D eigenvalue weighted by Gasteiger charge is 2.40. The number of aryl methyl sites for hydroxylation is 1. The van der Waals surface area contributed by atoms with Crippen LogP contribution in [-0.4, -0.2) is 69.4 Å². The quantitative estimate of drug-likeness (QED) is 0.761. The smallest absolute Gasteiger partial charge is 0.225 e. The first-order chi connectivity index (χ1) is 14.1. The number of ether oxygens (including phenoxy) is 2. The maximum absolute atomic E-state index is 13.0. The SMILES string of the molecule is COc1ncccc1CN1CCC2(CC1)CC(=O)N(Cc1ccnn1C)CCO2. The van der Waals surface area contributed by atoms with Gasteiger partial charge < -0.3 is 14.4 Å². The van der Waals surface area contributed by atoms with Gasteiger partial charge in [-0.3, -0.25) is 14.4 Å². The summed E-state index contributed by atoms with van der Waals surface area (Å²) in [6, 6.07) is 5.95. The maximum Gasteiger partial charge on any atom is 0.225 e. The molecule has 0 atom stereocenters. The largest absolute Gasteiger partial charge is 0.481 e. The van der Waals surface area contributed by atoms with E-state index in [9.17, 15) is 4.79 Å². The lowest BCUT2D eigenvalue weighted by molar-refractivity contribution is -0.136.